The van der Waals surface area contributed by atoms with Crippen LogP contribution in [0.4, 0.5) is 0 Å². The lowest BCUT2D eigenvalue weighted by Gasteiger charge is -2.29. The predicted molar refractivity (Wildman–Crippen MR) is 68.7 cm³/mol. The Hall–Kier alpha value is -0.490. The van der Waals surface area contributed by atoms with Crippen LogP contribution in [0.15, 0.2) is 0 Å². The van der Waals surface area contributed by atoms with E-state index in [2.05, 4.69) is 4.90 Å². The average Bonchev–Trinajstić information content (AvgIpc) is 2.37. The van der Waals surface area contributed by atoms with Crippen LogP contribution in [0, 0.1) is 5.92 Å². The fourth-order valence-corrected chi connectivity index (χ4v) is 1.96. The number of rotatable bonds is 9. The summed E-state index contributed by atoms with van der Waals surface area (Å²) in [6.45, 7) is 7.81. The molecular weight excluding hydrogens is 234 g/mol. The number of Topliss-reactive ketones (excluding diaryl/α,β-unsaturated/α-hetero) is 1. The summed E-state index contributed by atoms with van der Waals surface area (Å²) in [5, 5.41) is 0. The van der Waals surface area contributed by atoms with E-state index < -0.39 is 0 Å². The third kappa shape index (κ3) is 6.44. The van der Waals surface area contributed by atoms with Crippen LogP contribution in [0.2, 0.25) is 0 Å². The first-order chi connectivity index (χ1) is 8.74. The third-order valence-corrected chi connectivity index (χ3v) is 3.11. The van der Waals surface area contributed by atoms with E-state index in [-0.39, 0.29) is 5.92 Å². The summed E-state index contributed by atoms with van der Waals surface area (Å²) in [4.78, 5) is 13.6. The van der Waals surface area contributed by atoms with Crippen molar-refractivity contribution in [1.82, 2.24) is 4.90 Å². The zero-order valence-corrected chi connectivity index (χ0v) is 11.5. The number of carbonyl (C=O) groups is 1. The number of methoxy groups -OCH3 is 1. The number of hydrogen-bond donors (Lipinski definition) is 0. The van der Waals surface area contributed by atoms with E-state index in [1.54, 1.807) is 7.11 Å². The van der Waals surface area contributed by atoms with E-state index in [1.807, 2.05) is 6.92 Å². The van der Waals surface area contributed by atoms with Gasteiger partial charge in [-0.25, -0.2) is 0 Å². The monoisotopic (exact) mass is 259 g/mol. The Labute approximate surface area is 109 Å². The van der Waals surface area contributed by atoms with Crippen molar-refractivity contribution in [2.75, 3.05) is 59.8 Å². The van der Waals surface area contributed by atoms with Crippen LogP contribution in [-0.4, -0.2) is 70.5 Å². The minimum atomic E-state index is 0.177. The van der Waals surface area contributed by atoms with Gasteiger partial charge in [0.2, 0.25) is 0 Å². The SMILES string of the molecule is COCCOCCOCCN1CCC(=O)C(C)C1. The topological polar surface area (TPSA) is 48.0 Å². The van der Waals surface area contributed by atoms with E-state index in [9.17, 15) is 4.79 Å². The zero-order chi connectivity index (χ0) is 13.2. The molecule has 1 heterocycles. The highest BCUT2D eigenvalue weighted by Gasteiger charge is 2.22. The van der Waals surface area contributed by atoms with Crippen molar-refractivity contribution in [2.45, 2.75) is 13.3 Å². The minimum absolute atomic E-state index is 0.177. The van der Waals surface area contributed by atoms with Crippen LogP contribution in [-0.2, 0) is 19.0 Å². The maximum atomic E-state index is 11.4. The highest BCUT2D eigenvalue weighted by atomic mass is 16.5. The third-order valence-electron chi connectivity index (χ3n) is 3.11. The van der Waals surface area contributed by atoms with Crippen molar-refractivity contribution in [3.8, 4) is 0 Å². The van der Waals surface area contributed by atoms with Gasteiger partial charge in [-0.05, 0) is 0 Å². The van der Waals surface area contributed by atoms with E-state index in [0.717, 1.165) is 19.6 Å². The number of nitrogens with zero attached hydrogens (tertiary/aromatic N) is 1. The smallest absolute Gasteiger partial charge is 0.138 e. The number of ketones is 1. The zero-order valence-electron chi connectivity index (χ0n) is 11.5. The fourth-order valence-electron chi connectivity index (χ4n) is 1.96. The van der Waals surface area contributed by atoms with Crippen molar-refractivity contribution in [2.24, 2.45) is 5.92 Å². The summed E-state index contributed by atoms with van der Waals surface area (Å²) < 4.78 is 15.6. The molecule has 1 aliphatic rings. The lowest BCUT2D eigenvalue weighted by molar-refractivity contribution is -0.125. The van der Waals surface area contributed by atoms with Gasteiger partial charge in [0.05, 0.1) is 33.0 Å². The van der Waals surface area contributed by atoms with Crippen LogP contribution >= 0.6 is 0 Å². The summed E-state index contributed by atoms with van der Waals surface area (Å²) in [5.41, 5.74) is 0. The standard InChI is InChI=1S/C13H25NO4/c1-12-11-14(4-3-13(12)15)5-6-17-9-10-18-8-7-16-2/h12H,3-11H2,1-2H3. The van der Waals surface area contributed by atoms with Gasteiger partial charge < -0.3 is 14.2 Å². The summed E-state index contributed by atoms with van der Waals surface area (Å²) >= 11 is 0. The molecular formula is C13H25NO4. The second kappa shape index (κ2) is 9.44. The largest absolute Gasteiger partial charge is 0.382 e. The van der Waals surface area contributed by atoms with Crippen LogP contribution in [0.1, 0.15) is 13.3 Å². The Morgan fingerprint density at radius 3 is 2.50 bits per heavy atom. The lowest BCUT2D eigenvalue weighted by atomic mass is 9.99. The maximum absolute atomic E-state index is 11.4. The fraction of sp³-hybridized carbons (Fsp3) is 0.923. The molecule has 0 amide bonds. The van der Waals surface area contributed by atoms with Crippen molar-refractivity contribution in [3.63, 3.8) is 0 Å². The molecule has 1 atom stereocenters. The molecule has 0 N–H and O–H groups in total. The molecule has 5 heteroatoms. The number of likely N-dealkylation sites (tertiary alicyclic amines) is 1. The second-order valence-electron chi connectivity index (χ2n) is 4.64. The van der Waals surface area contributed by atoms with Crippen LogP contribution < -0.4 is 0 Å². The Morgan fingerprint density at radius 2 is 1.83 bits per heavy atom. The van der Waals surface area contributed by atoms with Crippen molar-refractivity contribution >= 4 is 5.78 Å². The molecule has 0 aromatic rings. The Balaban J connectivity index is 1.90. The Morgan fingerprint density at radius 1 is 1.17 bits per heavy atom. The van der Waals surface area contributed by atoms with E-state index in [0.29, 0.717) is 45.2 Å². The summed E-state index contributed by atoms with van der Waals surface area (Å²) in [5.74, 6) is 0.565. The number of hydrogen-bond acceptors (Lipinski definition) is 5. The number of ether oxygens (including phenoxy) is 3. The molecule has 18 heavy (non-hydrogen) atoms. The lowest BCUT2D eigenvalue weighted by Crippen LogP contribution is -2.41. The van der Waals surface area contributed by atoms with Gasteiger partial charge >= 0.3 is 0 Å². The van der Waals surface area contributed by atoms with E-state index in [1.165, 1.54) is 0 Å². The highest BCUT2D eigenvalue weighted by molar-refractivity contribution is 5.81. The highest BCUT2D eigenvalue weighted by Crippen LogP contribution is 2.11. The van der Waals surface area contributed by atoms with Crippen LogP contribution in [0.25, 0.3) is 0 Å². The average molecular weight is 259 g/mol. The van der Waals surface area contributed by atoms with Gasteiger partial charge in [-0.15, -0.1) is 0 Å². The molecule has 1 fully saturated rings. The van der Waals surface area contributed by atoms with Gasteiger partial charge in [-0.1, -0.05) is 6.92 Å². The molecule has 0 aromatic carbocycles. The molecule has 106 valence electrons. The summed E-state index contributed by atoms with van der Waals surface area (Å²) in [6.07, 6.45) is 0.682. The molecule has 0 saturated carbocycles. The first kappa shape index (κ1) is 15.6. The molecule has 1 saturated heterocycles. The number of carbonyl (C=O) groups excluding carboxylic acids is 1. The van der Waals surface area contributed by atoms with E-state index >= 15 is 0 Å². The van der Waals surface area contributed by atoms with Gasteiger partial charge in [-0.3, -0.25) is 9.69 Å². The van der Waals surface area contributed by atoms with Crippen molar-refractivity contribution in [1.29, 1.82) is 0 Å². The normalized spacial score (nSPS) is 21.4. The Bertz CT molecular complexity index is 235. The van der Waals surface area contributed by atoms with Crippen molar-refractivity contribution < 1.29 is 19.0 Å². The molecule has 0 radical (unpaired) electrons. The first-order valence-electron chi connectivity index (χ1n) is 6.63. The van der Waals surface area contributed by atoms with Gasteiger partial charge in [0.15, 0.2) is 0 Å². The molecule has 0 bridgehead atoms. The molecule has 1 unspecified atom stereocenters. The van der Waals surface area contributed by atoms with Gasteiger partial charge in [0.1, 0.15) is 5.78 Å². The molecule has 0 aromatic heterocycles. The van der Waals surface area contributed by atoms with Crippen molar-refractivity contribution in [3.05, 3.63) is 0 Å². The van der Waals surface area contributed by atoms with E-state index in [4.69, 9.17) is 14.2 Å². The molecule has 0 spiro atoms. The maximum Gasteiger partial charge on any atom is 0.138 e. The summed E-state index contributed by atoms with van der Waals surface area (Å²) in [6, 6.07) is 0. The van der Waals surface area contributed by atoms with Gasteiger partial charge in [-0.2, -0.15) is 0 Å². The van der Waals surface area contributed by atoms with Crippen LogP contribution in [0.3, 0.4) is 0 Å². The first-order valence-corrected chi connectivity index (χ1v) is 6.63. The second-order valence-corrected chi connectivity index (χ2v) is 4.64. The van der Waals surface area contributed by atoms with Gasteiger partial charge in [0.25, 0.3) is 0 Å². The predicted octanol–water partition coefficient (Wildman–Crippen LogP) is 0.577. The molecule has 1 aliphatic heterocycles. The number of piperidine rings is 1. The molecule has 5 nitrogen and oxygen atoms in total. The van der Waals surface area contributed by atoms with Gasteiger partial charge in [0, 0.05) is 39.1 Å². The quantitative estimate of drug-likeness (QED) is 0.567. The Kier molecular flexibility index (Phi) is 8.17. The minimum Gasteiger partial charge on any atom is -0.382 e. The molecule has 1 rings (SSSR count). The molecule has 0 aliphatic carbocycles. The van der Waals surface area contributed by atoms with Crippen LogP contribution in [0.5, 0.6) is 0 Å². The summed E-state index contributed by atoms with van der Waals surface area (Å²) in [7, 11) is 1.66.